The zero-order valence-corrected chi connectivity index (χ0v) is 11.5. The van der Waals surface area contributed by atoms with Crippen molar-refractivity contribution < 1.29 is 9.13 Å². The molecule has 1 aromatic carbocycles. The molecule has 1 aliphatic rings. The molecule has 4 nitrogen and oxygen atoms in total. The van der Waals surface area contributed by atoms with E-state index < -0.39 is 0 Å². The van der Waals surface area contributed by atoms with Crippen LogP contribution in [0.15, 0.2) is 23.2 Å². The lowest BCUT2D eigenvalue weighted by molar-refractivity contribution is 0.320. The minimum absolute atomic E-state index is 0.289. The summed E-state index contributed by atoms with van der Waals surface area (Å²) >= 11 is 0. The van der Waals surface area contributed by atoms with E-state index >= 15 is 0 Å². The summed E-state index contributed by atoms with van der Waals surface area (Å²) in [5, 5.41) is 6.30. The summed E-state index contributed by atoms with van der Waals surface area (Å²) in [6, 6.07) is 5.61. The minimum Gasteiger partial charge on any atom is -0.494 e. The summed E-state index contributed by atoms with van der Waals surface area (Å²) in [7, 11) is 5.06. The third-order valence-electron chi connectivity index (χ3n) is 3.59. The molecule has 2 rings (SSSR count). The monoisotopic (exact) mass is 265 g/mol. The summed E-state index contributed by atoms with van der Waals surface area (Å²) in [5.74, 6) is 1.22. The highest BCUT2D eigenvalue weighted by Crippen LogP contribution is 2.38. The zero-order valence-electron chi connectivity index (χ0n) is 11.5. The third-order valence-corrected chi connectivity index (χ3v) is 3.59. The first-order chi connectivity index (χ1) is 9.17. The minimum atomic E-state index is -0.289. The molecule has 0 spiro atoms. The molecule has 1 aromatic rings. The molecule has 104 valence electrons. The molecule has 1 saturated carbocycles. The number of hydrogen-bond donors (Lipinski definition) is 2. The Morgan fingerprint density at radius 3 is 2.68 bits per heavy atom. The number of nitrogens with one attached hydrogen (secondary N) is 2. The van der Waals surface area contributed by atoms with Gasteiger partial charge in [0, 0.05) is 20.1 Å². The van der Waals surface area contributed by atoms with E-state index in [1.165, 1.54) is 7.11 Å². The van der Waals surface area contributed by atoms with E-state index in [1.54, 1.807) is 19.2 Å². The fourth-order valence-electron chi connectivity index (χ4n) is 2.39. The SMILES string of the molecule is CN=C(NC)NC1CC(c2ccc(OC)c(F)c2)C1. The number of methoxy groups -OCH3 is 1. The van der Waals surface area contributed by atoms with Crippen LogP contribution < -0.4 is 15.4 Å². The lowest BCUT2D eigenvalue weighted by Gasteiger charge is -2.37. The maximum absolute atomic E-state index is 13.6. The summed E-state index contributed by atoms with van der Waals surface area (Å²) in [6.45, 7) is 0. The van der Waals surface area contributed by atoms with E-state index in [9.17, 15) is 4.39 Å². The van der Waals surface area contributed by atoms with E-state index in [-0.39, 0.29) is 5.82 Å². The van der Waals surface area contributed by atoms with Gasteiger partial charge in [0.2, 0.25) is 0 Å². The molecule has 1 fully saturated rings. The van der Waals surface area contributed by atoms with Gasteiger partial charge in [-0.25, -0.2) is 4.39 Å². The van der Waals surface area contributed by atoms with Crippen molar-refractivity contribution in [2.75, 3.05) is 21.2 Å². The van der Waals surface area contributed by atoms with E-state index in [4.69, 9.17) is 4.74 Å². The molecule has 0 heterocycles. The fourth-order valence-corrected chi connectivity index (χ4v) is 2.39. The molecule has 2 N–H and O–H groups in total. The molecule has 0 unspecified atom stereocenters. The number of guanidine groups is 1. The number of ether oxygens (including phenoxy) is 1. The second-order valence-corrected chi connectivity index (χ2v) is 4.73. The summed E-state index contributed by atoms with van der Waals surface area (Å²) < 4.78 is 18.5. The maximum atomic E-state index is 13.6. The highest BCUT2D eigenvalue weighted by molar-refractivity contribution is 5.79. The van der Waals surface area contributed by atoms with E-state index in [0.29, 0.717) is 17.7 Å². The predicted molar refractivity (Wildman–Crippen MR) is 74.3 cm³/mol. The molecule has 0 radical (unpaired) electrons. The van der Waals surface area contributed by atoms with Gasteiger partial charge in [0.15, 0.2) is 17.5 Å². The van der Waals surface area contributed by atoms with E-state index in [1.807, 2.05) is 13.1 Å². The highest BCUT2D eigenvalue weighted by Gasteiger charge is 2.31. The lowest BCUT2D eigenvalue weighted by Crippen LogP contribution is -2.47. The largest absolute Gasteiger partial charge is 0.494 e. The molecule has 0 saturated heterocycles. The first-order valence-corrected chi connectivity index (χ1v) is 6.42. The zero-order chi connectivity index (χ0) is 13.8. The van der Waals surface area contributed by atoms with Gasteiger partial charge in [-0.3, -0.25) is 4.99 Å². The van der Waals surface area contributed by atoms with Crippen LogP contribution in [0.4, 0.5) is 4.39 Å². The van der Waals surface area contributed by atoms with Gasteiger partial charge in [-0.15, -0.1) is 0 Å². The number of hydrogen-bond acceptors (Lipinski definition) is 2. The molecule has 0 aromatic heterocycles. The predicted octanol–water partition coefficient (Wildman–Crippen LogP) is 1.88. The molecule has 0 amide bonds. The van der Waals surface area contributed by atoms with Crippen LogP contribution >= 0.6 is 0 Å². The third kappa shape index (κ3) is 2.97. The number of halogens is 1. The average Bonchev–Trinajstić information content (AvgIpc) is 2.37. The maximum Gasteiger partial charge on any atom is 0.190 e. The van der Waals surface area contributed by atoms with Gasteiger partial charge in [-0.05, 0) is 36.5 Å². The van der Waals surface area contributed by atoms with Crippen molar-refractivity contribution in [2.24, 2.45) is 4.99 Å². The average molecular weight is 265 g/mol. The first-order valence-electron chi connectivity index (χ1n) is 6.42. The van der Waals surface area contributed by atoms with E-state index in [2.05, 4.69) is 15.6 Å². The Morgan fingerprint density at radius 1 is 1.42 bits per heavy atom. The van der Waals surface area contributed by atoms with Gasteiger partial charge < -0.3 is 15.4 Å². The molecule has 0 bridgehead atoms. The molecular formula is C14H20FN3O. The molecule has 19 heavy (non-hydrogen) atoms. The number of rotatable bonds is 3. The van der Waals surface area contributed by atoms with Crippen molar-refractivity contribution in [2.45, 2.75) is 24.8 Å². The lowest BCUT2D eigenvalue weighted by atomic mass is 9.76. The van der Waals surface area contributed by atoms with Crippen molar-refractivity contribution in [3.63, 3.8) is 0 Å². The van der Waals surface area contributed by atoms with Crippen molar-refractivity contribution in [1.82, 2.24) is 10.6 Å². The fraction of sp³-hybridized carbons (Fsp3) is 0.500. The summed E-state index contributed by atoms with van der Waals surface area (Å²) in [5.41, 5.74) is 1.04. The molecule has 0 aliphatic heterocycles. The Balaban J connectivity index is 1.92. The van der Waals surface area contributed by atoms with Crippen LogP contribution in [0, 0.1) is 5.82 Å². The van der Waals surface area contributed by atoms with Gasteiger partial charge in [-0.1, -0.05) is 6.07 Å². The topological polar surface area (TPSA) is 45.7 Å². The second-order valence-electron chi connectivity index (χ2n) is 4.73. The molecular weight excluding hydrogens is 245 g/mol. The number of benzene rings is 1. The van der Waals surface area contributed by atoms with E-state index in [0.717, 1.165) is 24.4 Å². The van der Waals surface area contributed by atoms with Gasteiger partial charge >= 0.3 is 0 Å². The Kier molecular flexibility index (Phi) is 4.24. The van der Waals surface area contributed by atoms with Crippen LogP contribution in [-0.4, -0.2) is 33.2 Å². The quantitative estimate of drug-likeness (QED) is 0.648. The van der Waals surface area contributed by atoms with Crippen LogP contribution in [0.3, 0.4) is 0 Å². The van der Waals surface area contributed by atoms with Crippen molar-refractivity contribution in [3.8, 4) is 5.75 Å². The van der Waals surface area contributed by atoms with Crippen LogP contribution in [0.25, 0.3) is 0 Å². The summed E-state index contributed by atoms with van der Waals surface area (Å²) in [4.78, 5) is 4.08. The summed E-state index contributed by atoms with van der Waals surface area (Å²) in [6.07, 6.45) is 1.99. The van der Waals surface area contributed by atoms with Crippen molar-refractivity contribution in [3.05, 3.63) is 29.6 Å². The first kappa shape index (κ1) is 13.6. The number of aliphatic imine (C=N–C) groups is 1. The van der Waals surface area contributed by atoms with Crippen LogP contribution in [0.2, 0.25) is 0 Å². The van der Waals surface area contributed by atoms with Crippen molar-refractivity contribution in [1.29, 1.82) is 0 Å². The van der Waals surface area contributed by atoms with Gasteiger partial charge in [0.05, 0.1) is 7.11 Å². The van der Waals surface area contributed by atoms with Crippen LogP contribution in [0.5, 0.6) is 5.75 Å². The Bertz CT molecular complexity index is 470. The smallest absolute Gasteiger partial charge is 0.190 e. The second kappa shape index (κ2) is 5.91. The number of nitrogens with zero attached hydrogens (tertiary/aromatic N) is 1. The van der Waals surface area contributed by atoms with Crippen LogP contribution in [-0.2, 0) is 0 Å². The van der Waals surface area contributed by atoms with Gasteiger partial charge in [0.25, 0.3) is 0 Å². The Labute approximate surface area is 113 Å². The molecule has 1 aliphatic carbocycles. The van der Waals surface area contributed by atoms with Crippen LogP contribution in [0.1, 0.15) is 24.3 Å². The van der Waals surface area contributed by atoms with Gasteiger partial charge in [-0.2, -0.15) is 0 Å². The highest BCUT2D eigenvalue weighted by atomic mass is 19.1. The Hall–Kier alpha value is -1.78. The standard InChI is InChI=1S/C14H20FN3O/c1-16-14(17-2)18-11-6-10(7-11)9-4-5-13(19-3)12(15)8-9/h4-5,8,10-11H,6-7H2,1-3H3,(H2,16,17,18). The normalized spacial score (nSPS) is 22.6. The Morgan fingerprint density at radius 2 is 2.16 bits per heavy atom. The van der Waals surface area contributed by atoms with Gasteiger partial charge in [0.1, 0.15) is 0 Å². The van der Waals surface area contributed by atoms with Crippen molar-refractivity contribution >= 4 is 5.96 Å². The molecule has 0 atom stereocenters. The molecule has 5 heteroatoms.